The predicted octanol–water partition coefficient (Wildman–Crippen LogP) is 3.62. The van der Waals surface area contributed by atoms with Crippen LogP contribution in [0.2, 0.25) is 0 Å². The van der Waals surface area contributed by atoms with Crippen LogP contribution in [0, 0.1) is 0 Å². The molecule has 1 fully saturated rings. The number of hydrogen-bond acceptors (Lipinski definition) is 4. The molecule has 24 heavy (non-hydrogen) atoms. The first kappa shape index (κ1) is 17.0. The van der Waals surface area contributed by atoms with Crippen LogP contribution in [0.25, 0.3) is 0 Å². The van der Waals surface area contributed by atoms with Crippen molar-refractivity contribution in [2.45, 2.75) is 30.4 Å². The van der Waals surface area contributed by atoms with Gasteiger partial charge in [0.15, 0.2) is 0 Å². The lowest BCUT2D eigenvalue weighted by Gasteiger charge is -2.32. The van der Waals surface area contributed by atoms with Gasteiger partial charge < -0.3 is 9.64 Å². The van der Waals surface area contributed by atoms with Gasteiger partial charge in [0, 0.05) is 29.7 Å². The number of hydrogen-bond donors (Lipinski definition) is 0. The van der Waals surface area contributed by atoms with Crippen LogP contribution in [0.3, 0.4) is 0 Å². The van der Waals surface area contributed by atoms with Gasteiger partial charge in [-0.25, -0.2) is 0 Å². The van der Waals surface area contributed by atoms with Gasteiger partial charge in [-0.2, -0.15) is 0 Å². The van der Waals surface area contributed by atoms with Crippen LogP contribution >= 0.6 is 11.8 Å². The Morgan fingerprint density at radius 3 is 2.83 bits per heavy atom. The number of nitrogens with zero attached hydrogens (tertiary/aromatic N) is 2. The first-order valence-electron chi connectivity index (χ1n) is 8.21. The molecule has 1 aromatic heterocycles. The minimum absolute atomic E-state index is 0.0789. The summed E-state index contributed by atoms with van der Waals surface area (Å²) in [4.78, 5) is 20.0. The standard InChI is InChI=1S/C19H22N2O2S/c1-24-18-9-7-15(8-10-18)19(22)21-12-4-6-17(13-21)23-14-16-5-2-3-11-20-16/h2-3,5,7-11,17H,4,6,12-14H2,1H3/t17-/m1/s1. The molecule has 1 aliphatic rings. The zero-order chi connectivity index (χ0) is 16.8. The smallest absolute Gasteiger partial charge is 0.253 e. The molecular weight excluding hydrogens is 320 g/mol. The van der Waals surface area contributed by atoms with E-state index in [0.29, 0.717) is 13.2 Å². The molecule has 0 bridgehead atoms. The Kier molecular flexibility index (Phi) is 5.88. The molecule has 5 heteroatoms. The molecule has 2 aromatic rings. The van der Waals surface area contributed by atoms with Crippen molar-refractivity contribution in [3.05, 3.63) is 59.9 Å². The van der Waals surface area contributed by atoms with E-state index >= 15 is 0 Å². The second-order valence-corrected chi connectivity index (χ2v) is 6.76. The lowest BCUT2D eigenvalue weighted by Crippen LogP contribution is -2.43. The number of benzene rings is 1. The highest BCUT2D eigenvalue weighted by Gasteiger charge is 2.25. The first-order valence-corrected chi connectivity index (χ1v) is 9.43. The van der Waals surface area contributed by atoms with E-state index in [4.69, 9.17) is 4.74 Å². The van der Waals surface area contributed by atoms with Crippen LogP contribution in [0.1, 0.15) is 28.9 Å². The summed E-state index contributed by atoms with van der Waals surface area (Å²) in [6, 6.07) is 13.6. The van der Waals surface area contributed by atoms with Gasteiger partial charge in [-0.3, -0.25) is 9.78 Å². The van der Waals surface area contributed by atoms with E-state index in [1.807, 2.05) is 53.6 Å². The van der Waals surface area contributed by atoms with E-state index in [0.717, 1.165) is 30.6 Å². The van der Waals surface area contributed by atoms with Crippen LogP contribution in [0.5, 0.6) is 0 Å². The van der Waals surface area contributed by atoms with Gasteiger partial charge in [-0.15, -0.1) is 11.8 Å². The highest BCUT2D eigenvalue weighted by atomic mass is 32.2. The molecule has 0 unspecified atom stereocenters. The molecule has 0 aliphatic carbocycles. The quantitative estimate of drug-likeness (QED) is 0.778. The van der Waals surface area contributed by atoms with Crippen LogP contribution in [-0.4, -0.2) is 41.2 Å². The van der Waals surface area contributed by atoms with E-state index < -0.39 is 0 Å². The molecule has 0 N–H and O–H groups in total. The van der Waals surface area contributed by atoms with Crippen molar-refractivity contribution in [2.24, 2.45) is 0 Å². The first-order chi connectivity index (χ1) is 11.8. The summed E-state index contributed by atoms with van der Waals surface area (Å²) in [5.41, 5.74) is 1.67. The van der Waals surface area contributed by atoms with E-state index in [-0.39, 0.29) is 12.0 Å². The van der Waals surface area contributed by atoms with Gasteiger partial charge >= 0.3 is 0 Å². The predicted molar refractivity (Wildman–Crippen MR) is 96.2 cm³/mol. The number of piperidine rings is 1. The summed E-state index contributed by atoms with van der Waals surface area (Å²) >= 11 is 1.68. The third-order valence-electron chi connectivity index (χ3n) is 4.20. The van der Waals surface area contributed by atoms with E-state index in [1.165, 1.54) is 4.90 Å². The number of thioether (sulfide) groups is 1. The minimum Gasteiger partial charge on any atom is -0.370 e. The molecule has 3 rings (SSSR count). The maximum Gasteiger partial charge on any atom is 0.253 e. The normalized spacial score (nSPS) is 17.7. The van der Waals surface area contributed by atoms with Crippen LogP contribution in [0.15, 0.2) is 53.6 Å². The van der Waals surface area contributed by atoms with E-state index in [9.17, 15) is 4.79 Å². The molecule has 4 nitrogen and oxygen atoms in total. The molecule has 1 saturated heterocycles. The zero-order valence-electron chi connectivity index (χ0n) is 13.9. The fraction of sp³-hybridized carbons (Fsp3) is 0.368. The second kappa shape index (κ2) is 8.31. The number of carbonyl (C=O) groups excluding carboxylic acids is 1. The number of aromatic nitrogens is 1. The third-order valence-corrected chi connectivity index (χ3v) is 4.94. The summed E-state index contributed by atoms with van der Waals surface area (Å²) in [6.07, 6.45) is 5.84. The number of likely N-dealkylation sites (tertiary alicyclic amines) is 1. The number of carbonyl (C=O) groups is 1. The lowest BCUT2D eigenvalue weighted by atomic mass is 10.1. The fourth-order valence-corrected chi connectivity index (χ4v) is 3.27. The van der Waals surface area contributed by atoms with Crippen molar-refractivity contribution in [3.8, 4) is 0 Å². The molecule has 0 spiro atoms. The van der Waals surface area contributed by atoms with Crippen molar-refractivity contribution in [1.82, 2.24) is 9.88 Å². The van der Waals surface area contributed by atoms with Crippen LogP contribution in [0.4, 0.5) is 0 Å². The average molecular weight is 342 g/mol. The second-order valence-electron chi connectivity index (χ2n) is 5.88. The molecular formula is C19H22N2O2S. The fourth-order valence-electron chi connectivity index (χ4n) is 2.86. The molecule has 1 amide bonds. The highest BCUT2D eigenvalue weighted by molar-refractivity contribution is 7.98. The third kappa shape index (κ3) is 4.36. The number of ether oxygens (including phenoxy) is 1. The van der Waals surface area contributed by atoms with E-state index in [2.05, 4.69) is 4.98 Å². The Balaban J connectivity index is 1.57. The van der Waals surface area contributed by atoms with Gasteiger partial charge in [0.2, 0.25) is 0 Å². The summed E-state index contributed by atoms with van der Waals surface area (Å²) in [7, 11) is 0. The van der Waals surface area contributed by atoms with Crippen molar-refractivity contribution in [2.75, 3.05) is 19.3 Å². The van der Waals surface area contributed by atoms with Crippen LogP contribution < -0.4 is 0 Å². The van der Waals surface area contributed by atoms with Gasteiger partial charge in [-0.05, 0) is 55.5 Å². The lowest BCUT2D eigenvalue weighted by molar-refractivity contribution is -0.00785. The SMILES string of the molecule is CSc1ccc(C(=O)N2CCC[C@@H](OCc3ccccn3)C2)cc1. The van der Waals surface area contributed by atoms with Gasteiger partial charge in [-0.1, -0.05) is 6.07 Å². The van der Waals surface area contributed by atoms with Crippen molar-refractivity contribution in [3.63, 3.8) is 0 Å². The molecule has 1 atom stereocenters. The molecule has 0 saturated carbocycles. The Bertz CT molecular complexity index is 661. The summed E-state index contributed by atoms with van der Waals surface area (Å²) < 4.78 is 5.96. The van der Waals surface area contributed by atoms with Crippen molar-refractivity contribution in [1.29, 1.82) is 0 Å². The number of rotatable bonds is 5. The molecule has 2 heterocycles. The molecule has 1 aliphatic heterocycles. The van der Waals surface area contributed by atoms with Crippen LogP contribution in [-0.2, 0) is 11.3 Å². The minimum atomic E-state index is 0.0789. The summed E-state index contributed by atoms with van der Waals surface area (Å²) in [5.74, 6) is 0.0915. The zero-order valence-corrected chi connectivity index (χ0v) is 14.7. The molecule has 1 aromatic carbocycles. The van der Waals surface area contributed by atoms with Gasteiger partial charge in [0.05, 0.1) is 18.4 Å². The summed E-state index contributed by atoms with van der Waals surface area (Å²) in [6.45, 7) is 1.94. The van der Waals surface area contributed by atoms with Crippen molar-refractivity contribution < 1.29 is 9.53 Å². The summed E-state index contributed by atoms with van der Waals surface area (Å²) in [5, 5.41) is 0. The number of amides is 1. The van der Waals surface area contributed by atoms with Crippen molar-refractivity contribution >= 4 is 17.7 Å². The van der Waals surface area contributed by atoms with E-state index in [1.54, 1.807) is 18.0 Å². The Hall–Kier alpha value is -1.85. The maximum absolute atomic E-state index is 12.7. The van der Waals surface area contributed by atoms with Gasteiger partial charge in [0.1, 0.15) is 0 Å². The average Bonchev–Trinajstić information content (AvgIpc) is 2.67. The maximum atomic E-state index is 12.7. The Morgan fingerprint density at radius 2 is 2.12 bits per heavy atom. The highest BCUT2D eigenvalue weighted by Crippen LogP contribution is 2.19. The Morgan fingerprint density at radius 1 is 1.29 bits per heavy atom. The largest absolute Gasteiger partial charge is 0.370 e. The topological polar surface area (TPSA) is 42.4 Å². The Labute approximate surface area is 147 Å². The number of pyridine rings is 1. The monoisotopic (exact) mass is 342 g/mol. The van der Waals surface area contributed by atoms with Gasteiger partial charge in [0.25, 0.3) is 5.91 Å². The molecule has 126 valence electrons. The molecule has 0 radical (unpaired) electrons.